The molecule has 1 aliphatic heterocycles. The summed E-state index contributed by atoms with van der Waals surface area (Å²) >= 11 is 0. The summed E-state index contributed by atoms with van der Waals surface area (Å²) in [5.41, 5.74) is 3.85. The first kappa shape index (κ1) is 17.1. The van der Waals surface area contributed by atoms with E-state index in [-0.39, 0.29) is 5.91 Å². The van der Waals surface area contributed by atoms with Gasteiger partial charge in [0.25, 0.3) is 5.91 Å². The summed E-state index contributed by atoms with van der Waals surface area (Å²) in [6, 6.07) is 5.96. The van der Waals surface area contributed by atoms with Crippen molar-refractivity contribution >= 4 is 11.9 Å². The average Bonchev–Trinajstić information content (AvgIpc) is 3.15. The molecule has 0 saturated carbocycles. The van der Waals surface area contributed by atoms with Crippen LogP contribution in [0.1, 0.15) is 45.8 Å². The van der Waals surface area contributed by atoms with Crippen molar-refractivity contribution in [2.45, 2.75) is 39.8 Å². The van der Waals surface area contributed by atoms with Crippen molar-refractivity contribution in [3.05, 3.63) is 52.3 Å². The lowest BCUT2D eigenvalue weighted by atomic mass is 10.0. The first-order valence-corrected chi connectivity index (χ1v) is 8.38. The van der Waals surface area contributed by atoms with Gasteiger partial charge in [-0.1, -0.05) is 6.07 Å². The summed E-state index contributed by atoms with van der Waals surface area (Å²) in [6.07, 6.45) is 0.751. The van der Waals surface area contributed by atoms with Crippen LogP contribution in [0.4, 0.5) is 0 Å². The van der Waals surface area contributed by atoms with Crippen molar-refractivity contribution in [1.29, 1.82) is 0 Å². The molecule has 2 N–H and O–H groups in total. The zero-order valence-corrected chi connectivity index (χ0v) is 14.6. The SMILES string of the molecule is CCn1c(C)cc(C(=O)N[C@@H](C(=O)O)c2ccc3c(c2)CCO3)c1C. The van der Waals surface area contributed by atoms with Gasteiger partial charge in [-0.25, -0.2) is 4.79 Å². The molecule has 1 aliphatic rings. The highest BCUT2D eigenvalue weighted by Gasteiger charge is 2.26. The number of aryl methyl sites for hydroxylation is 1. The molecule has 1 amide bonds. The molecular formula is C19H22N2O4. The number of nitrogens with zero attached hydrogens (tertiary/aromatic N) is 1. The molecule has 0 radical (unpaired) electrons. The predicted octanol–water partition coefficient (Wildman–Crippen LogP) is 2.62. The second-order valence-corrected chi connectivity index (χ2v) is 6.24. The lowest BCUT2D eigenvalue weighted by Crippen LogP contribution is -2.34. The van der Waals surface area contributed by atoms with E-state index in [1.54, 1.807) is 24.3 Å². The zero-order chi connectivity index (χ0) is 18.1. The molecule has 2 heterocycles. The summed E-state index contributed by atoms with van der Waals surface area (Å²) in [6.45, 7) is 7.18. The Balaban J connectivity index is 1.87. The molecule has 0 bridgehead atoms. The molecule has 0 saturated heterocycles. The van der Waals surface area contributed by atoms with Crippen molar-refractivity contribution in [3.8, 4) is 5.75 Å². The van der Waals surface area contributed by atoms with E-state index < -0.39 is 12.0 Å². The van der Waals surface area contributed by atoms with Crippen LogP contribution in [0.2, 0.25) is 0 Å². The van der Waals surface area contributed by atoms with E-state index in [0.717, 1.165) is 35.7 Å². The molecule has 0 aliphatic carbocycles. The van der Waals surface area contributed by atoms with Gasteiger partial charge < -0.3 is 19.7 Å². The Morgan fingerprint density at radius 3 is 2.72 bits per heavy atom. The second kappa shape index (κ2) is 6.63. The Morgan fingerprint density at radius 2 is 2.08 bits per heavy atom. The van der Waals surface area contributed by atoms with Gasteiger partial charge in [0.15, 0.2) is 6.04 Å². The highest BCUT2D eigenvalue weighted by molar-refractivity contribution is 5.98. The molecule has 132 valence electrons. The lowest BCUT2D eigenvalue weighted by molar-refractivity contribution is -0.139. The first-order chi connectivity index (χ1) is 11.9. The van der Waals surface area contributed by atoms with Gasteiger partial charge in [-0.3, -0.25) is 4.79 Å². The highest BCUT2D eigenvalue weighted by Crippen LogP contribution is 2.28. The topological polar surface area (TPSA) is 80.6 Å². The summed E-state index contributed by atoms with van der Waals surface area (Å²) in [5, 5.41) is 12.2. The predicted molar refractivity (Wildman–Crippen MR) is 93.1 cm³/mol. The molecule has 1 aromatic carbocycles. The van der Waals surface area contributed by atoms with E-state index >= 15 is 0 Å². The number of carboxylic acids is 1. The number of carbonyl (C=O) groups is 2. The van der Waals surface area contributed by atoms with Crippen molar-refractivity contribution in [2.24, 2.45) is 0 Å². The maximum Gasteiger partial charge on any atom is 0.330 e. The minimum Gasteiger partial charge on any atom is -0.493 e. The van der Waals surface area contributed by atoms with Crippen LogP contribution in [0.3, 0.4) is 0 Å². The number of ether oxygens (including phenoxy) is 1. The highest BCUT2D eigenvalue weighted by atomic mass is 16.5. The Kier molecular flexibility index (Phi) is 4.53. The third-order valence-electron chi connectivity index (χ3n) is 4.70. The maximum absolute atomic E-state index is 12.7. The molecular weight excluding hydrogens is 320 g/mol. The van der Waals surface area contributed by atoms with Crippen molar-refractivity contribution in [3.63, 3.8) is 0 Å². The number of carboxylic acid groups (broad SMARTS) is 1. The standard InChI is InChI=1S/C19H22N2O4/c1-4-21-11(2)9-15(12(21)3)18(22)20-17(19(23)24)14-5-6-16-13(10-14)7-8-25-16/h5-6,9-10,17H,4,7-8H2,1-3H3,(H,20,22)(H,23,24)/t17-/m1/s1. The van der Waals surface area contributed by atoms with Crippen molar-refractivity contribution < 1.29 is 19.4 Å². The van der Waals surface area contributed by atoms with E-state index in [0.29, 0.717) is 17.7 Å². The lowest BCUT2D eigenvalue weighted by Gasteiger charge is -2.16. The number of amides is 1. The molecule has 0 spiro atoms. The normalized spacial score (nSPS) is 13.9. The molecule has 3 rings (SSSR count). The molecule has 25 heavy (non-hydrogen) atoms. The average molecular weight is 342 g/mol. The Bertz CT molecular complexity index is 838. The fraction of sp³-hybridized carbons (Fsp3) is 0.368. The number of rotatable bonds is 5. The fourth-order valence-corrected chi connectivity index (χ4v) is 3.40. The molecule has 1 aromatic heterocycles. The molecule has 6 nitrogen and oxygen atoms in total. The van der Waals surface area contributed by atoms with Crippen molar-refractivity contribution in [2.75, 3.05) is 6.61 Å². The maximum atomic E-state index is 12.7. The van der Waals surface area contributed by atoms with Crippen LogP contribution in [0, 0.1) is 13.8 Å². The first-order valence-electron chi connectivity index (χ1n) is 8.38. The number of aromatic nitrogens is 1. The molecule has 0 unspecified atom stereocenters. The van der Waals surface area contributed by atoms with E-state index in [1.165, 1.54) is 0 Å². The van der Waals surface area contributed by atoms with Gasteiger partial charge in [0.2, 0.25) is 0 Å². The molecule has 0 fully saturated rings. The number of carbonyl (C=O) groups excluding carboxylic acids is 1. The van der Waals surface area contributed by atoms with E-state index in [1.807, 2.05) is 25.3 Å². The van der Waals surface area contributed by atoms with Crippen LogP contribution < -0.4 is 10.1 Å². The van der Waals surface area contributed by atoms with Crippen LogP contribution in [-0.2, 0) is 17.8 Å². The van der Waals surface area contributed by atoms with Crippen LogP contribution >= 0.6 is 0 Å². The molecule has 2 aromatic rings. The number of fused-ring (bicyclic) bond motifs is 1. The summed E-state index contributed by atoms with van der Waals surface area (Å²) in [4.78, 5) is 24.4. The Hall–Kier alpha value is -2.76. The summed E-state index contributed by atoms with van der Waals surface area (Å²) in [7, 11) is 0. The number of nitrogens with one attached hydrogen (secondary N) is 1. The van der Waals surface area contributed by atoms with Gasteiger partial charge in [0.1, 0.15) is 5.75 Å². The Labute approximate surface area is 146 Å². The summed E-state index contributed by atoms with van der Waals surface area (Å²) in [5.74, 6) is -0.681. The van der Waals surface area contributed by atoms with Gasteiger partial charge >= 0.3 is 5.97 Å². The van der Waals surface area contributed by atoms with E-state index in [2.05, 4.69) is 5.32 Å². The number of aliphatic carboxylic acids is 1. The van der Waals surface area contributed by atoms with Gasteiger partial charge in [-0.05, 0) is 50.1 Å². The number of hydrogen-bond donors (Lipinski definition) is 2. The smallest absolute Gasteiger partial charge is 0.330 e. The Morgan fingerprint density at radius 1 is 1.32 bits per heavy atom. The molecule has 1 atom stereocenters. The van der Waals surface area contributed by atoms with Crippen LogP contribution in [0.5, 0.6) is 5.75 Å². The van der Waals surface area contributed by atoms with Crippen LogP contribution in [0.15, 0.2) is 24.3 Å². The van der Waals surface area contributed by atoms with Gasteiger partial charge in [0.05, 0.1) is 12.2 Å². The second-order valence-electron chi connectivity index (χ2n) is 6.24. The number of benzene rings is 1. The molecule has 6 heteroatoms. The minimum absolute atomic E-state index is 0.378. The third-order valence-corrected chi connectivity index (χ3v) is 4.70. The van der Waals surface area contributed by atoms with Crippen LogP contribution in [-0.4, -0.2) is 28.2 Å². The van der Waals surface area contributed by atoms with E-state index in [9.17, 15) is 14.7 Å². The third kappa shape index (κ3) is 3.12. The quantitative estimate of drug-likeness (QED) is 0.875. The zero-order valence-electron chi connectivity index (χ0n) is 14.6. The van der Waals surface area contributed by atoms with Crippen LogP contribution in [0.25, 0.3) is 0 Å². The largest absolute Gasteiger partial charge is 0.493 e. The number of hydrogen-bond acceptors (Lipinski definition) is 3. The van der Waals surface area contributed by atoms with E-state index in [4.69, 9.17) is 4.74 Å². The van der Waals surface area contributed by atoms with Gasteiger partial charge in [-0.15, -0.1) is 0 Å². The summed E-state index contributed by atoms with van der Waals surface area (Å²) < 4.78 is 7.48. The fourth-order valence-electron chi connectivity index (χ4n) is 3.40. The van der Waals surface area contributed by atoms with Gasteiger partial charge in [-0.2, -0.15) is 0 Å². The van der Waals surface area contributed by atoms with Crippen molar-refractivity contribution in [1.82, 2.24) is 9.88 Å². The monoisotopic (exact) mass is 342 g/mol. The minimum atomic E-state index is -1.09. The van der Waals surface area contributed by atoms with Gasteiger partial charge in [0, 0.05) is 24.4 Å².